The molecule has 0 spiro atoms. The first kappa shape index (κ1) is 20.5. The minimum atomic E-state index is -0.267. The minimum absolute atomic E-state index is 0.0785. The van der Waals surface area contributed by atoms with Crippen molar-refractivity contribution in [1.82, 2.24) is 15.1 Å². The van der Waals surface area contributed by atoms with Crippen LogP contribution in [0.15, 0.2) is 54.6 Å². The van der Waals surface area contributed by atoms with Gasteiger partial charge in [0.1, 0.15) is 5.01 Å². The van der Waals surface area contributed by atoms with Gasteiger partial charge >= 0.3 is 0 Å². The Hall–Kier alpha value is -2.77. The third-order valence-corrected chi connectivity index (χ3v) is 6.16. The van der Waals surface area contributed by atoms with Gasteiger partial charge in [0.2, 0.25) is 11.0 Å². The van der Waals surface area contributed by atoms with Gasteiger partial charge < -0.3 is 10.2 Å². The molecule has 0 aliphatic carbocycles. The first-order valence-electron chi connectivity index (χ1n) is 9.80. The molecular weight excluding hydrogens is 420 g/mol. The molecule has 1 fully saturated rings. The number of hydrogen-bond donors (Lipinski definition) is 1. The van der Waals surface area contributed by atoms with Gasteiger partial charge in [0.05, 0.1) is 5.92 Å². The van der Waals surface area contributed by atoms with Crippen LogP contribution in [0.3, 0.4) is 0 Å². The van der Waals surface area contributed by atoms with Gasteiger partial charge in [-0.05, 0) is 42.7 Å². The second kappa shape index (κ2) is 9.36. The van der Waals surface area contributed by atoms with Gasteiger partial charge in [-0.2, -0.15) is 0 Å². The Bertz CT molecular complexity index is 1020. The summed E-state index contributed by atoms with van der Waals surface area (Å²) in [6.07, 6.45) is 2.21. The number of nitrogens with one attached hydrogen (secondary N) is 1. The molecule has 6 nitrogen and oxygen atoms in total. The number of rotatable bonds is 5. The summed E-state index contributed by atoms with van der Waals surface area (Å²) in [4.78, 5) is 27.2. The van der Waals surface area contributed by atoms with Crippen molar-refractivity contribution >= 4 is 39.9 Å². The molecule has 0 bridgehead atoms. The highest BCUT2D eigenvalue weighted by Gasteiger charge is 2.29. The molecule has 154 valence electrons. The van der Waals surface area contributed by atoms with Crippen molar-refractivity contribution in [2.24, 2.45) is 5.92 Å². The minimum Gasteiger partial charge on any atom is -0.338 e. The summed E-state index contributed by atoms with van der Waals surface area (Å²) < 4.78 is 0. The normalized spacial score (nSPS) is 16.3. The number of benzene rings is 2. The largest absolute Gasteiger partial charge is 0.338 e. The number of carbonyl (C=O) groups is 2. The van der Waals surface area contributed by atoms with Crippen LogP contribution in [0.4, 0.5) is 5.13 Å². The molecule has 4 rings (SSSR count). The van der Waals surface area contributed by atoms with Crippen molar-refractivity contribution in [3.63, 3.8) is 0 Å². The Morgan fingerprint density at radius 1 is 1.10 bits per heavy atom. The molecule has 0 radical (unpaired) electrons. The number of anilines is 1. The molecular formula is C22H21ClN4O2S. The maximum atomic E-state index is 12.8. The third kappa shape index (κ3) is 5.04. The standard InChI is InChI=1S/C22H21ClN4O2S/c23-18-10-8-16(9-11-18)21(29)27-12-4-7-17(14-27)20(28)24-22-26-25-19(30-22)13-15-5-2-1-3-6-15/h1-3,5-6,8-11,17H,4,7,12-14H2,(H,24,26,28). The predicted molar refractivity (Wildman–Crippen MR) is 118 cm³/mol. The fourth-order valence-corrected chi connectivity index (χ4v) is 4.41. The second-order valence-corrected chi connectivity index (χ2v) is 8.75. The van der Waals surface area contributed by atoms with Crippen LogP contribution >= 0.6 is 22.9 Å². The van der Waals surface area contributed by atoms with Crippen molar-refractivity contribution in [2.45, 2.75) is 19.3 Å². The van der Waals surface area contributed by atoms with E-state index in [0.29, 0.717) is 35.2 Å². The van der Waals surface area contributed by atoms with Crippen molar-refractivity contribution in [2.75, 3.05) is 18.4 Å². The molecule has 1 unspecified atom stereocenters. The lowest BCUT2D eigenvalue weighted by molar-refractivity contribution is -0.121. The lowest BCUT2D eigenvalue weighted by atomic mass is 9.96. The number of aromatic nitrogens is 2. The van der Waals surface area contributed by atoms with Crippen molar-refractivity contribution < 1.29 is 9.59 Å². The van der Waals surface area contributed by atoms with Gasteiger partial charge in [0.25, 0.3) is 5.91 Å². The average molecular weight is 441 g/mol. The van der Waals surface area contributed by atoms with E-state index in [0.717, 1.165) is 23.4 Å². The SMILES string of the molecule is O=C(Nc1nnc(Cc2ccccc2)s1)C1CCCN(C(=O)c2ccc(Cl)cc2)C1. The lowest BCUT2D eigenvalue weighted by Crippen LogP contribution is -2.43. The van der Waals surface area contributed by atoms with E-state index in [2.05, 4.69) is 15.5 Å². The Labute approximate surface area is 183 Å². The molecule has 2 amide bonds. The maximum absolute atomic E-state index is 12.8. The summed E-state index contributed by atoms with van der Waals surface area (Å²) in [5.74, 6) is -0.465. The van der Waals surface area contributed by atoms with E-state index >= 15 is 0 Å². The Balaban J connectivity index is 1.35. The average Bonchev–Trinajstić information content (AvgIpc) is 3.21. The summed E-state index contributed by atoms with van der Waals surface area (Å²) >= 11 is 7.28. The molecule has 2 aromatic carbocycles. The Morgan fingerprint density at radius 3 is 2.63 bits per heavy atom. The Morgan fingerprint density at radius 2 is 1.87 bits per heavy atom. The molecule has 1 N–H and O–H groups in total. The topological polar surface area (TPSA) is 75.2 Å². The molecule has 1 aromatic heterocycles. The van der Waals surface area contributed by atoms with Crippen LogP contribution in [0.1, 0.15) is 33.8 Å². The zero-order chi connectivity index (χ0) is 20.9. The number of hydrogen-bond acceptors (Lipinski definition) is 5. The zero-order valence-corrected chi connectivity index (χ0v) is 17.8. The molecule has 1 aliphatic heterocycles. The van der Waals surface area contributed by atoms with E-state index < -0.39 is 0 Å². The van der Waals surface area contributed by atoms with Crippen LogP contribution in [-0.4, -0.2) is 40.0 Å². The smallest absolute Gasteiger partial charge is 0.253 e. The van der Waals surface area contributed by atoms with Gasteiger partial charge in [-0.25, -0.2) is 0 Å². The van der Waals surface area contributed by atoms with Gasteiger partial charge in [0.15, 0.2) is 0 Å². The first-order valence-corrected chi connectivity index (χ1v) is 11.0. The molecule has 1 atom stereocenters. The summed E-state index contributed by atoms with van der Waals surface area (Å²) in [5.41, 5.74) is 1.73. The zero-order valence-electron chi connectivity index (χ0n) is 16.3. The summed E-state index contributed by atoms with van der Waals surface area (Å²) in [5, 5.41) is 13.1. The first-order chi connectivity index (χ1) is 14.6. The lowest BCUT2D eigenvalue weighted by Gasteiger charge is -2.32. The second-order valence-electron chi connectivity index (χ2n) is 7.25. The molecule has 8 heteroatoms. The fourth-order valence-electron chi connectivity index (χ4n) is 3.50. The molecule has 1 saturated heterocycles. The van der Waals surface area contributed by atoms with E-state index in [1.54, 1.807) is 29.2 Å². The number of amides is 2. The highest BCUT2D eigenvalue weighted by Crippen LogP contribution is 2.23. The van der Waals surface area contributed by atoms with E-state index in [-0.39, 0.29) is 17.7 Å². The van der Waals surface area contributed by atoms with Gasteiger partial charge in [-0.15, -0.1) is 10.2 Å². The number of piperidine rings is 1. The number of halogens is 1. The molecule has 30 heavy (non-hydrogen) atoms. The highest BCUT2D eigenvalue weighted by molar-refractivity contribution is 7.15. The van der Waals surface area contributed by atoms with Crippen LogP contribution in [0, 0.1) is 5.92 Å². The van der Waals surface area contributed by atoms with Gasteiger partial charge in [-0.3, -0.25) is 9.59 Å². The van der Waals surface area contributed by atoms with Crippen LogP contribution in [-0.2, 0) is 11.2 Å². The number of likely N-dealkylation sites (tertiary alicyclic amines) is 1. The van der Waals surface area contributed by atoms with Gasteiger partial charge in [-0.1, -0.05) is 53.3 Å². The van der Waals surface area contributed by atoms with Crippen molar-refractivity contribution in [1.29, 1.82) is 0 Å². The third-order valence-electron chi connectivity index (χ3n) is 5.07. The summed E-state index contributed by atoms with van der Waals surface area (Å²) in [6.45, 7) is 1.04. The summed E-state index contributed by atoms with van der Waals surface area (Å²) in [7, 11) is 0. The van der Waals surface area contributed by atoms with E-state index in [1.165, 1.54) is 11.3 Å². The molecule has 2 heterocycles. The van der Waals surface area contributed by atoms with Gasteiger partial charge in [0, 0.05) is 30.1 Å². The van der Waals surface area contributed by atoms with Crippen LogP contribution in [0.25, 0.3) is 0 Å². The maximum Gasteiger partial charge on any atom is 0.253 e. The highest BCUT2D eigenvalue weighted by atomic mass is 35.5. The summed E-state index contributed by atoms with van der Waals surface area (Å²) in [6, 6.07) is 16.8. The fraction of sp³-hybridized carbons (Fsp3) is 0.273. The quantitative estimate of drug-likeness (QED) is 0.642. The van der Waals surface area contributed by atoms with E-state index in [4.69, 9.17) is 11.6 Å². The van der Waals surface area contributed by atoms with Crippen molar-refractivity contribution in [3.05, 3.63) is 75.8 Å². The Kier molecular flexibility index (Phi) is 6.40. The molecule has 3 aromatic rings. The monoisotopic (exact) mass is 440 g/mol. The number of carbonyl (C=O) groups excluding carboxylic acids is 2. The van der Waals surface area contributed by atoms with Crippen LogP contribution in [0.5, 0.6) is 0 Å². The number of nitrogens with zero attached hydrogens (tertiary/aromatic N) is 3. The van der Waals surface area contributed by atoms with Crippen molar-refractivity contribution in [3.8, 4) is 0 Å². The van der Waals surface area contributed by atoms with Crippen LogP contribution < -0.4 is 5.32 Å². The van der Waals surface area contributed by atoms with E-state index in [1.807, 2.05) is 30.3 Å². The molecule has 1 aliphatic rings. The van der Waals surface area contributed by atoms with Crippen LogP contribution in [0.2, 0.25) is 5.02 Å². The van der Waals surface area contributed by atoms with E-state index in [9.17, 15) is 9.59 Å². The predicted octanol–water partition coefficient (Wildman–Crippen LogP) is 4.27. The molecule has 0 saturated carbocycles.